The van der Waals surface area contributed by atoms with Crippen molar-refractivity contribution in [3.8, 4) is 0 Å². The molecule has 1 heterocycles. The summed E-state index contributed by atoms with van der Waals surface area (Å²) in [5.74, 6) is -1.85. The van der Waals surface area contributed by atoms with E-state index < -0.39 is 11.8 Å². The Morgan fingerprint density at radius 3 is 2.85 bits per heavy atom. The quantitative estimate of drug-likeness (QED) is 0.720. The second kappa shape index (κ2) is 7.87. The third-order valence-electron chi connectivity index (χ3n) is 4.80. The average molecular weight is 374 g/mol. The third-order valence-corrected chi connectivity index (χ3v) is 4.80. The van der Waals surface area contributed by atoms with Gasteiger partial charge in [0, 0.05) is 23.8 Å². The molecule has 1 aromatic heterocycles. The predicted octanol–water partition coefficient (Wildman–Crippen LogP) is 2.13. The number of carboxylic acids is 1. The number of amides is 1. The van der Waals surface area contributed by atoms with Crippen LogP contribution in [0.1, 0.15) is 40.7 Å². The number of benzene rings is 1. The van der Waals surface area contributed by atoms with Crippen LogP contribution >= 0.6 is 0 Å². The minimum Gasteiger partial charge on any atom is -0.476 e. The number of aromatic nitrogens is 2. The molecule has 1 atom stereocenters. The Bertz CT molecular complexity index is 878. The van der Waals surface area contributed by atoms with E-state index in [0.717, 1.165) is 23.2 Å². The average Bonchev–Trinajstić information content (AvgIpc) is 3.00. The van der Waals surface area contributed by atoms with Crippen molar-refractivity contribution in [2.45, 2.75) is 45.7 Å². The summed E-state index contributed by atoms with van der Waals surface area (Å²) in [7, 11) is 0. The van der Waals surface area contributed by atoms with Crippen molar-refractivity contribution in [1.29, 1.82) is 0 Å². The standard InChI is InChI=1S/C19H23FN4O3/c1-3-24-16-7-5-12(9-13(16)18(23-24)19(26)27)21-10-17(25)22-15-6-4-11(2)8-14(15)20/h4,6,8,12,21H,3,5,7,9-10H2,1-2H3,(H,22,25)(H,26,27). The van der Waals surface area contributed by atoms with E-state index in [4.69, 9.17) is 0 Å². The molecule has 3 N–H and O–H groups in total. The molecule has 0 saturated carbocycles. The highest BCUT2D eigenvalue weighted by atomic mass is 19.1. The Kier molecular flexibility index (Phi) is 5.55. The number of hydrogen-bond donors (Lipinski definition) is 3. The molecule has 1 aliphatic carbocycles. The molecule has 2 aromatic rings. The summed E-state index contributed by atoms with van der Waals surface area (Å²) < 4.78 is 15.6. The summed E-state index contributed by atoms with van der Waals surface area (Å²) in [5.41, 5.74) is 2.71. The van der Waals surface area contributed by atoms with E-state index >= 15 is 0 Å². The van der Waals surface area contributed by atoms with Gasteiger partial charge in [0.2, 0.25) is 5.91 Å². The summed E-state index contributed by atoms with van der Waals surface area (Å²) in [6.07, 6.45) is 1.99. The second-order valence-electron chi connectivity index (χ2n) is 6.75. The summed E-state index contributed by atoms with van der Waals surface area (Å²) in [5, 5.41) is 19.2. The molecule has 0 bridgehead atoms. The second-order valence-corrected chi connectivity index (χ2v) is 6.75. The van der Waals surface area contributed by atoms with Crippen molar-refractivity contribution in [2.24, 2.45) is 0 Å². The fourth-order valence-electron chi connectivity index (χ4n) is 3.45. The van der Waals surface area contributed by atoms with Gasteiger partial charge in [0.1, 0.15) is 5.82 Å². The molecule has 1 aromatic carbocycles. The smallest absolute Gasteiger partial charge is 0.356 e. The fourth-order valence-corrected chi connectivity index (χ4v) is 3.45. The van der Waals surface area contributed by atoms with Gasteiger partial charge < -0.3 is 15.7 Å². The monoisotopic (exact) mass is 374 g/mol. The molecule has 3 rings (SSSR count). The Morgan fingerprint density at radius 1 is 1.41 bits per heavy atom. The molecule has 0 spiro atoms. The number of fused-ring (bicyclic) bond motifs is 1. The Balaban J connectivity index is 1.61. The van der Waals surface area contributed by atoms with E-state index in [1.807, 2.05) is 6.92 Å². The van der Waals surface area contributed by atoms with Gasteiger partial charge in [0.15, 0.2) is 5.69 Å². The summed E-state index contributed by atoms with van der Waals surface area (Å²) in [4.78, 5) is 23.6. The van der Waals surface area contributed by atoms with Crippen molar-refractivity contribution in [1.82, 2.24) is 15.1 Å². The molecule has 0 saturated heterocycles. The van der Waals surface area contributed by atoms with E-state index in [1.54, 1.807) is 17.7 Å². The number of nitrogens with zero attached hydrogens (tertiary/aromatic N) is 2. The maximum atomic E-state index is 13.8. The number of aromatic carboxylic acids is 1. The maximum Gasteiger partial charge on any atom is 0.356 e. The van der Waals surface area contributed by atoms with Gasteiger partial charge >= 0.3 is 5.97 Å². The van der Waals surface area contributed by atoms with Gasteiger partial charge in [0.05, 0.1) is 12.2 Å². The molecule has 0 fully saturated rings. The van der Waals surface area contributed by atoms with Gasteiger partial charge in [-0.15, -0.1) is 0 Å². The molecule has 8 heteroatoms. The zero-order valence-corrected chi connectivity index (χ0v) is 15.4. The van der Waals surface area contributed by atoms with Crippen molar-refractivity contribution in [2.75, 3.05) is 11.9 Å². The van der Waals surface area contributed by atoms with Crippen molar-refractivity contribution in [3.05, 3.63) is 46.5 Å². The number of anilines is 1. The number of hydrogen-bond acceptors (Lipinski definition) is 4. The summed E-state index contributed by atoms with van der Waals surface area (Å²) in [6.45, 7) is 4.35. The molecule has 1 unspecified atom stereocenters. The minimum atomic E-state index is -1.04. The first-order valence-corrected chi connectivity index (χ1v) is 9.00. The topological polar surface area (TPSA) is 96.2 Å². The Hall–Kier alpha value is -2.74. The first-order chi connectivity index (χ1) is 12.9. The number of aryl methyl sites for hydroxylation is 2. The number of rotatable bonds is 6. The normalized spacial score (nSPS) is 16.0. The first kappa shape index (κ1) is 19.0. The first-order valence-electron chi connectivity index (χ1n) is 9.00. The molecular weight excluding hydrogens is 351 g/mol. The van der Waals surface area contributed by atoms with Gasteiger partial charge in [-0.3, -0.25) is 9.48 Å². The maximum absolute atomic E-state index is 13.8. The lowest BCUT2D eigenvalue weighted by Gasteiger charge is -2.24. The Morgan fingerprint density at radius 2 is 2.19 bits per heavy atom. The van der Waals surface area contributed by atoms with Crippen LogP contribution in [0.5, 0.6) is 0 Å². The van der Waals surface area contributed by atoms with Crippen LogP contribution < -0.4 is 10.6 Å². The molecule has 0 aliphatic heterocycles. The van der Waals surface area contributed by atoms with Gasteiger partial charge in [-0.25, -0.2) is 9.18 Å². The summed E-state index contributed by atoms with van der Waals surface area (Å²) in [6, 6.07) is 4.60. The molecule has 1 aliphatic rings. The Labute approximate surface area is 156 Å². The molecule has 144 valence electrons. The highest BCUT2D eigenvalue weighted by molar-refractivity contribution is 5.92. The van der Waals surface area contributed by atoms with E-state index in [9.17, 15) is 19.1 Å². The SMILES string of the molecule is CCn1nc(C(=O)O)c2c1CCC(NCC(=O)Nc1ccc(C)cc1F)C2. The fraction of sp³-hybridized carbons (Fsp3) is 0.421. The van der Waals surface area contributed by atoms with Crippen LogP contribution in [0.2, 0.25) is 0 Å². The lowest BCUT2D eigenvalue weighted by molar-refractivity contribution is -0.115. The van der Waals surface area contributed by atoms with E-state index in [-0.39, 0.29) is 29.9 Å². The van der Waals surface area contributed by atoms with E-state index in [0.29, 0.717) is 19.4 Å². The van der Waals surface area contributed by atoms with Crippen molar-refractivity contribution < 1.29 is 19.1 Å². The van der Waals surface area contributed by atoms with Crippen LogP contribution in [0.3, 0.4) is 0 Å². The zero-order valence-electron chi connectivity index (χ0n) is 15.4. The molecule has 0 radical (unpaired) electrons. The zero-order chi connectivity index (χ0) is 19.6. The lowest BCUT2D eigenvalue weighted by atomic mass is 9.91. The lowest BCUT2D eigenvalue weighted by Crippen LogP contribution is -2.40. The van der Waals surface area contributed by atoms with Crippen LogP contribution in [-0.2, 0) is 24.2 Å². The number of nitrogens with one attached hydrogen (secondary N) is 2. The summed E-state index contributed by atoms with van der Waals surface area (Å²) >= 11 is 0. The van der Waals surface area contributed by atoms with Crippen LogP contribution in [0, 0.1) is 12.7 Å². The predicted molar refractivity (Wildman–Crippen MR) is 98.4 cm³/mol. The van der Waals surface area contributed by atoms with Gasteiger partial charge in [-0.1, -0.05) is 6.07 Å². The van der Waals surface area contributed by atoms with Crippen LogP contribution in [0.4, 0.5) is 10.1 Å². The van der Waals surface area contributed by atoms with E-state index in [1.165, 1.54) is 12.1 Å². The highest BCUT2D eigenvalue weighted by Gasteiger charge is 2.28. The third kappa shape index (κ3) is 4.16. The number of carboxylic acid groups (broad SMARTS) is 1. The molecule has 1 amide bonds. The van der Waals surface area contributed by atoms with Crippen molar-refractivity contribution in [3.63, 3.8) is 0 Å². The van der Waals surface area contributed by atoms with Crippen molar-refractivity contribution >= 4 is 17.6 Å². The van der Waals surface area contributed by atoms with Crippen LogP contribution in [0.25, 0.3) is 0 Å². The van der Waals surface area contributed by atoms with E-state index in [2.05, 4.69) is 15.7 Å². The number of halogens is 1. The highest BCUT2D eigenvalue weighted by Crippen LogP contribution is 2.25. The number of carbonyl (C=O) groups excluding carboxylic acids is 1. The minimum absolute atomic E-state index is 0.0254. The molecule has 7 nitrogen and oxygen atoms in total. The van der Waals surface area contributed by atoms with Gasteiger partial charge in [0.25, 0.3) is 0 Å². The largest absolute Gasteiger partial charge is 0.476 e. The molecule has 27 heavy (non-hydrogen) atoms. The molecular formula is C19H23FN4O3. The number of carbonyl (C=O) groups is 2. The van der Waals surface area contributed by atoms with Crippen LogP contribution in [-0.4, -0.2) is 39.4 Å². The van der Waals surface area contributed by atoms with Gasteiger partial charge in [-0.05, 0) is 50.8 Å². The van der Waals surface area contributed by atoms with Gasteiger partial charge in [-0.2, -0.15) is 5.10 Å². The van der Waals surface area contributed by atoms with Crippen LogP contribution in [0.15, 0.2) is 18.2 Å².